The lowest BCUT2D eigenvalue weighted by Crippen LogP contribution is -2.25. The van der Waals surface area contributed by atoms with Crippen LogP contribution in [0, 0.1) is 0 Å². The normalized spacial score (nSPS) is 12.0. The summed E-state index contributed by atoms with van der Waals surface area (Å²) in [7, 11) is 0. The van der Waals surface area contributed by atoms with Gasteiger partial charge in [-0.2, -0.15) is 5.10 Å². The average Bonchev–Trinajstić information content (AvgIpc) is 2.62. The monoisotopic (exact) mass is 373 g/mol. The molecule has 0 aliphatic carbocycles. The quantitative estimate of drug-likeness (QED) is 0.700. The topological polar surface area (TPSA) is 46.9 Å². The number of hydrogen-bond acceptors (Lipinski definition) is 3. The van der Waals surface area contributed by atoms with Crippen molar-refractivity contribution in [2.75, 3.05) is 5.32 Å². The number of halogens is 2. The average molecular weight is 374 g/mol. The van der Waals surface area contributed by atoms with Gasteiger partial charge in [-0.15, -0.1) is 0 Å². The number of anilines is 1. The zero-order valence-corrected chi connectivity index (χ0v) is 15.1. The van der Waals surface area contributed by atoms with Crippen molar-refractivity contribution < 1.29 is 0 Å². The van der Waals surface area contributed by atoms with Gasteiger partial charge in [-0.05, 0) is 30.2 Å². The van der Waals surface area contributed by atoms with Crippen molar-refractivity contribution in [3.63, 3.8) is 0 Å². The molecule has 0 radical (unpaired) electrons. The molecular weight excluding hydrogens is 357 g/mol. The van der Waals surface area contributed by atoms with Gasteiger partial charge in [0.05, 0.1) is 18.4 Å². The highest BCUT2D eigenvalue weighted by Gasteiger charge is 2.13. The fourth-order valence-corrected chi connectivity index (χ4v) is 2.93. The third-order valence-corrected chi connectivity index (χ3v) is 4.48. The van der Waals surface area contributed by atoms with Crippen LogP contribution in [-0.4, -0.2) is 9.78 Å². The summed E-state index contributed by atoms with van der Waals surface area (Å²) in [5, 5.41) is 8.23. The number of nitrogens with one attached hydrogen (secondary N) is 1. The van der Waals surface area contributed by atoms with Gasteiger partial charge in [0.15, 0.2) is 0 Å². The lowest BCUT2D eigenvalue weighted by molar-refractivity contribution is 0.639. The Morgan fingerprint density at radius 1 is 1.12 bits per heavy atom. The molecule has 25 heavy (non-hydrogen) atoms. The first-order valence-electron chi connectivity index (χ1n) is 7.86. The molecule has 0 saturated carbocycles. The minimum atomic E-state index is -0.325. The van der Waals surface area contributed by atoms with Crippen LogP contribution in [0.15, 0.2) is 65.6 Å². The molecule has 0 aliphatic rings. The Bertz CT molecular complexity index is 925. The molecule has 0 amide bonds. The zero-order chi connectivity index (χ0) is 17.8. The standard InChI is InChI=1S/C19H17Cl2N3O/c1-13(15-8-5-9-16(20)10-15)23-17-11-22-24(19(25)18(17)21)12-14-6-3-2-4-7-14/h2-11,13,23H,12H2,1H3. The summed E-state index contributed by atoms with van der Waals surface area (Å²) < 4.78 is 1.35. The highest BCUT2D eigenvalue weighted by atomic mass is 35.5. The van der Waals surface area contributed by atoms with Crippen LogP contribution in [0.5, 0.6) is 0 Å². The van der Waals surface area contributed by atoms with Crippen LogP contribution in [-0.2, 0) is 6.54 Å². The Labute approximate surface area is 156 Å². The summed E-state index contributed by atoms with van der Waals surface area (Å²) >= 11 is 12.3. The third-order valence-electron chi connectivity index (χ3n) is 3.88. The van der Waals surface area contributed by atoms with E-state index in [1.165, 1.54) is 4.68 Å². The van der Waals surface area contributed by atoms with Crippen LogP contribution in [0.2, 0.25) is 10.0 Å². The zero-order valence-electron chi connectivity index (χ0n) is 13.6. The van der Waals surface area contributed by atoms with E-state index in [9.17, 15) is 4.79 Å². The molecule has 3 rings (SSSR count). The van der Waals surface area contributed by atoms with Crippen molar-refractivity contribution in [1.29, 1.82) is 0 Å². The van der Waals surface area contributed by atoms with Crippen LogP contribution in [0.3, 0.4) is 0 Å². The second-order valence-corrected chi connectivity index (χ2v) is 6.56. The Morgan fingerprint density at radius 3 is 2.60 bits per heavy atom. The van der Waals surface area contributed by atoms with E-state index in [4.69, 9.17) is 23.2 Å². The second-order valence-electron chi connectivity index (χ2n) is 5.74. The molecule has 0 aliphatic heterocycles. The summed E-state index contributed by atoms with van der Waals surface area (Å²) in [5.41, 5.74) is 2.16. The van der Waals surface area contributed by atoms with Gasteiger partial charge < -0.3 is 5.32 Å². The lowest BCUT2D eigenvalue weighted by Gasteiger charge is -2.17. The van der Waals surface area contributed by atoms with Crippen molar-refractivity contribution in [3.05, 3.63) is 92.3 Å². The Hall–Kier alpha value is -2.30. The van der Waals surface area contributed by atoms with Gasteiger partial charge in [-0.25, -0.2) is 4.68 Å². The van der Waals surface area contributed by atoms with E-state index in [0.29, 0.717) is 17.3 Å². The molecule has 0 saturated heterocycles. The van der Waals surface area contributed by atoms with Crippen LogP contribution in [0.4, 0.5) is 5.69 Å². The van der Waals surface area contributed by atoms with E-state index in [1.54, 1.807) is 6.20 Å². The van der Waals surface area contributed by atoms with Gasteiger partial charge in [0, 0.05) is 11.1 Å². The largest absolute Gasteiger partial charge is 0.376 e. The first-order valence-corrected chi connectivity index (χ1v) is 8.62. The molecule has 3 aromatic rings. The Morgan fingerprint density at radius 2 is 1.88 bits per heavy atom. The maximum Gasteiger partial charge on any atom is 0.287 e. The highest BCUT2D eigenvalue weighted by Crippen LogP contribution is 2.24. The lowest BCUT2D eigenvalue weighted by atomic mass is 10.1. The van der Waals surface area contributed by atoms with Gasteiger partial charge in [0.2, 0.25) is 0 Å². The molecule has 1 aromatic heterocycles. The summed E-state index contributed by atoms with van der Waals surface area (Å²) in [4.78, 5) is 12.5. The summed E-state index contributed by atoms with van der Waals surface area (Å²) in [6, 6.07) is 17.1. The van der Waals surface area contributed by atoms with E-state index < -0.39 is 0 Å². The fraction of sp³-hybridized carbons (Fsp3) is 0.158. The maximum absolute atomic E-state index is 12.5. The first-order chi connectivity index (χ1) is 12.0. The van der Waals surface area contributed by atoms with Gasteiger partial charge in [0.1, 0.15) is 5.02 Å². The van der Waals surface area contributed by atoms with E-state index in [0.717, 1.165) is 11.1 Å². The van der Waals surface area contributed by atoms with E-state index in [-0.39, 0.29) is 16.6 Å². The minimum absolute atomic E-state index is 0.0672. The molecule has 0 fully saturated rings. The highest BCUT2D eigenvalue weighted by molar-refractivity contribution is 6.33. The molecule has 1 unspecified atom stereocenters. The Balaban J connectivity index is 1.81. The molecule has 2 aromatic carbocycles. The number of hydrogen-bond donors (Lipinski definition) is 1. The molecule has 6 heteroatoms. The van der Waals surface area contributed by atoms with Gasteiger partial charge in [-0.3, -0.25) is 4.79 Å². The van der Waals surface area contributed by atoms with Gasteiger partial charge in [0.25, 0.3) is 5.56 Å². The summed E-state index contributed by atoms with van der Waals surface area (Å²) in [6.45, 7) is 2.35. The van der Waals surface area contributed by atoms with Crippen molar-refractivity contribution in [1.82, 2.24) is 9.78 Å². The number of rotatable bonds is 5. The van der Waals surface area contributed by atoms with Crippen LogP contribution < -0.4 is 10.9 Å². The number of benzene rings is 2. The summed E-state index contributed by atoms with van der Waals surface area (Å²) in [6.07, 6.45) is 1.58. The van der Waals surface area contributed by atoms with E-state index in [2.05, 4.69) is 10.4 Å². The van der Waals surface area contributed by atoms with E-state index in [1.807, 2.05) is 61.5 Å². The van der Waals surface area contributed by atoms with Crippen molar-refractivity contribution in [2.45, 2.75) is 19.5 Å². The van der Waals surface area contributed by atoms with Crippen molar-refractivity contribution >= 4 is 28.9 Å². The van der Waals surface area contributed by atoms with Crippen LogP contribution in [0.25, 0.3) is 0 Å². The van der Waals surface area contributed by atoms with Gasteiger partial charge in [-0.1, -0.05) is 65.7 Å². The molecule has 1 N–H and O–H groups in total. The van der Waals surface area contributed by atoms with Crippen molar-refractivity contribution in [2.24, 2.45) is 0 Å². The SMILES string of the molecule is CC(Nc1cnn(Cc2ccccc2)c(=O)c1Cl)c1cccc(Cl)c1. The van der Waals surface area contributed by atoms with Crippen LogP contribution >= 0.6 is 23.2 Å². The Kier molecular flexibility index (Phi) is 5.41. The van der Waals surface area contributed by atoms with Crippen LogP contribution in [0.1, 0.15) is 24.1 Å². The first kappa shape index (κ1) is 17.5. The van der Waals surface area contributed by atoms with E-state index >= 15 is 0 Å². The molecule has 1 heterocycles. The molecule has 128 valence electrons. The molecule has 0 bridgehead atoms. The summed E-state index contributed by atoms with van der Waals surface area (Å²) in [5.74, 6) is 0. The second kappa shape index (κ2) is 7.72. The third kappa shape index (κ3) is 4.21. The van der Waals surface area contributed by atoms with Crippen molar-refractivity contribution in [3.8, 4) is 0 Å². The van der Waals surface area contributed by atoms with Gasteiger partial charge >= 0.3 is 0 Å². The number of nitrogens with zero attached hydrogens (tertiary/aromatic N) is 2. The smallest absolute Gasteiger partial charge is 0.287 e. The molecule has 0 spiro atoms. The number of aromatic nitrogens is 2. The molecule has 1 atom stereocenters. The predicted octanol–water partition coefficient (Wildman–Crippen LogP) is 4.77. The molecule has 4 nitrogen and oxygen atoms in total. The molecular formula is C19H17Cl2N3O. The fourth-order valence-electron chi connectivity index (χ4n) is 2.53. The minimum Gasteiger partial charge on any atom is -0.376 e. The predicted molar refractivity (Wildman–Crippen MR) is 103 cm³/mol. The maximum atomic E-state index is 12.5.